The molecule has 0 aliphatic carbocycles. The molecular formula is C17H17BrN8O. The van der Waals surface area contributed by atoms with Crippen LogP contribution in [-0.2, 0) is 11.3 Å². The predicted octanol–water partition coefficient (Wildman–Crippen LogP) is 1.24. The van der Waals surface area contributed by atoms with Crippen LogP contribution in [0, 0.1) is 0 Å². The summed E-state index contributed by atoms with van der Waals surface area (Å²) in [5.41, 5.74) is 0.856. The number of hydrogen-bond donors (Lipinski definition) is 0. The number of tetrazole rings is 1. The first-order chi connectivity index (χ1) is 13.2. The smallest absolute Gasteiger partial charge is 0.246 e. The van der Waals surface area contributed by atoms with Gasteiger partial charge in [0.05, 0.1) is 6.20 Å². The molecule has 1 aliphatic heterocycles. The Morgan fingerprint density at radius 1 is 1.07 bits per heavy atom. The summed E-state index contributed by atoms with van der Waals surface area (Å²) in [4.78, 5) is 26.2. The Hall–Kier alpha value is -2.88. The van der Waals surface area contributed by atoms with Crippen molar-refractivity contribution in [2.45, 2.75) is 6.54 Å². The molecule has 0 bridgehead atoms. The van der Waals surface area contributed by atoms with Crippen LogP contribution in [-0.4, -0.2) is 67.2 Å². The van der Waals surface area contributed by atoms with Crippen molar-refractivity contribution in [3.05, 3.63) is 47.3 Å². The van der Waals surface area contributed by atoms with Gasteiger partial charge >= 0.3 is 0 Å². The van der Waals surface area contributed by atoms with Gasteiger partial charge in [-0.2, -0.15) is 4.80 Å². The SMILES string of the molecule is O=C(Cn1nnc(-c2ccc(Br)cc2)n1)N1CCN(c2cnccn2)CC1. The summed E-state index contributed by atoms with van der Waals surface area (Å²) in [6, 6.07) is 7.63. The van der Waals surface area contributed by atoms with Crippen molar-refractivity contribution < 1.29 is 4.79 Å². The van der Waals surface area contributed by atoms with E-state index in [1.54, 1.807) is 18.6 Å². The first kappa shape index (κ1) is 17.5. The maximum atomic E-state index is 12.5. The van der Waals surface area contributed by atoms with Crippen LogP contribution in [0.5, 0.6) is 0 Å². The molecule has 1 aromatic carbocycles. The van der Waals surface area contributed by atoms with Gasteiger partial charge in [0, 0.05) is 48.6 Å². The Kier molecular flexibility index (Phi) is 5.05. The van der Waals surface area contributed by atoms with Crippen LogP contribution in [0.1, 0.15) is 0 Å². The summed E-state index contributed by atoms with van der Waals surface area (Å²) in [7, 11) is 0. The number of aromatic nitrogens is 6. The highest BCUT2D eigenvalue weighted by Gasteiger charge is 2.22. The minimum absolute atomic E-state index is 0.0199. The normalized spacial score (nSPS) is 14.4. The van der Waals surface area contributed by atoms with Crippen molar-refractivity contribution in [3.63, 3.8) is 0 Å². The number of anilines is 1. The molecule has 9 nitrogen and oxygen atoms in total. The second kappa shape index (κ2) is 7.78. The second-order valence-corrected chi connectivity index (χ2v) is 7.00. The number of nitrogens with zero attached hydrogens (tertiary/aromatic N) is 8. The molecule has 27 heavy (non-hydrogen) atoms. The second-order valence-electron chi connectivity index (χ2n) is 6.08. The molecule has 0 saturated carbocycles. The molecule has 3 heterocycles. The third kappa shape index (κ3) is 4.11. The predicted molar refractivity (Wildman–Crippen MR) is 102 cm³/mol. The monoisotopic (exact) mass is 428 g/mol. The standard InChI is InChI=1S/C17H17BrN8O/c18-14-3-1-13(2-4-14)17-21-23-26(22-17)12-16(27)25-9-7-24(8-10-25)15-11-19-5-6-20-15/h1-6,11H,7-10,12H2. The van der Waals surface area contributed by atoms with E-state index in [0.29, 0.717) is 18.9 Å². The van der Waals surface area contributed by atoms with E-state index in [2.05, 4.69) is 46.2 Å². The zero-order valence-corrected chi connectivity index (χ0v) is 16.0. The number of carbonyl (C=O) groups excluding carboxylic acids is 1. The summed E-state index contributed by atoms with van der Waals surface area (Å²) in [5.74, 6) is 1.32. The molecule has 0 radical (unpaired) electrons. The Balaban J connectivity index is 1.34. The zero-order valence-electron chi connectivity index (χ0n) is 14.4. The number of benzene rings is 1. The van der Waals surface area contributed by atoms with Crippen molar-refractivity contribution in [1.29, 1.82) is 0 Å². The molecule has 0 spiro atoms. The first-order valence-corrected chi connectivity index (χ1v) is 9.31. The van der Waals surface area contributed by atoms with E-state index in [1.807, 2.05) is 29.2 Å². The lowest BCUT2D eigenvalue weighted by Gasteiger charge is -2.35. The molecule has 1 aliphatic rings. The van der Waals surface area contributed by atoms with Crippen LogP contribution in [0.4, 0.5) is 5.82 Å². The van der Waals surface area contributed by atoms with Gasteiger partial charge in [-0.3, -0.25) is 9.78 Å². The molecule has 2 aromatic heterocycles. The average molecular weight is 429 g/mol. The molecule has 1 saturated heterocycles. The lowest BCUT2D eigenvalue weighted by molar-refractivity contribution is -0.132. The average Bonchev–Trinajstić information content (AvgIpc) is 3.18. The lowest BCUT2D eigenvalue weighted by Crippen LogP contribution is -2.50. The van der Waals surface area contributed by atoms with E-state index in [0.717, 1.165) is 28.9 Å². The first-order valence-electron chi connectivity index (χ1n) is 8.51. The van der Waals surface area contributed by atoms with Crippen LogP contribution < -0.4 is 4.90 Å². The number of carbonyl (C=O) groups is 1. The van der Waals surface area contributed by atoms with Gasteiger partial charge in [0.15, 0.2) is 0 Å². The molecule has 4 rings (SSSR count). The van der Waals surface area contributed by atoms with Crippen LogP contribution >= 0.6 is 15.9 Å². The highest BCUT2D eigenvalue weighted by molar-refractivity contribution is 9.10. The van der Waals surface area contributed by atoms with Crippen LogP contribution in [0.2, 0.25) is 0 Å². The van der Waals surface area contributed by atoms with E-state index >= 15 is 0 Å². The molecular weight excluding hydrogens is 412 g/mol. The molecule has 0 atom stereocenters. The van der Waals surface area contributed by atoms with E-state index in [-0.39, 0.29) is 12.5 Å². The fourth-order valence-electron chi connectivity index (χ4n) is 2.89. The van der Waals surface area contributed by atoms with Gasteiger partial charge in [-0.25, -0.2) is 4.98 Å². The maximum Gasteiger partial charge on any atom is 0.246 e. The van der Waals surface area contributed by atoms with Gasteiger partial charge in [0.25, 0.3) is 0 Å². The minimum atomic E-state index is -0.0199. The van der Waals surface area contributed by atoms with Gasteiger partial charge in [-0.15, -0.1) is 10.2 Å². The molecule has 10 heteroatoms. The zero-order chi connectivity index (χ0) is 18.6. The lowest BCUT2D eigenvalue weighted by atomic mass is 10.2. The summed E-state index contributed by atoms with van der Waals surface area (Å²) in [6.07, 6.45) is 5.06. The van der Waals surface area contributed by atoms with Crippen molar-refractivity contribution >= 4 is 27.7 Å². The molecule has 138 valence electrons. The molecule has 1 fully saturated rings. The van der Waals surface area contributed by atoms with E-state index in [4.69, 9.17) is 0 Å². The molecule has 0 N–H and O–H groups in total. The van der Waals surface area contributed by atoms with Crippen molar-refractivity contribution in [2.75, 3.05) is 31.1 Å². The number of hydrogen-bond acceptors (Lipinski definition) is 7. The summed E-state index contributed by atoms with van der Waals surface area (Å²) in [5, 5.41) is 12.3. The van der Waals surface area contributed by atoms with Crippen LogP contribution in [0.25, 0.3) is 11.4 Å². The maximum absolute atomic E-state index is 12.5. The van der Waals surface area contributed by atoms with E-state index in [1.165, 1.54) is 4.80 Å². The van der Waals surface area contributed by atoms with Crippen molar-refractivity contribution in [3.8, 4) is 11.4 Å². The minimum Gasteiger partial charge on any atom is -0.352 e. The van der Waals surface area contributed by atoms with E-state index in [9.17, 15) is 4.79 Å². The number of piperazine rings is 1. The Morgan fingerprint density at radius 3 is 2.56 bits per heavy atom. The fourth-order valence-corrected chi connectivity index (χ4v) is 3.15. The highest BCUT2D eigenvalue weighted by atomic mass is 79.9. The molecule has 1 amide bonds. The topological polar surface area (TPSA) is 92.9 Å². The Morgan fingerprint density at radius 2 is 1.85 bits per heavy atom. The van der Waals surface area contributed by atoms with Gasteiger partial charge in [-0.1, -0.05) is 15.9 Å². The third-order valence-corrected chi connectivity index (χ3v) is 4.87. The Bertz CT molecular complexity index is 906. The van der Waals surface area contributed by atoms with Gasteiger partial charge < -0.3 is 9.80 Å². The van der Waals surface area contributed by atoms with Crippen molar-refractivity contribution in [2.24, 2.45) is 0 Å². The van der Waals surface area contributed by atoms with Gasteiger partial charge in [0.2, 0.25) is 11.7 Å². The highest BCUT2D eigenvalue weighted by Crippen LogP contribution is 2.17. The number of halogens is 1. The summed E-state index contributed by atoms with van der Waals surface area (Å²) >= 11 is 3.40. The fraction of sp³-hybridized carbons (Fsp3) is 0.294. The summed E-state index contributed by atoms with van der Waals surface area (Å²) in [6.45, 7) is 2.78. The number of rotatable bonds is 4. The summed E-state index contributed by atoms with van der Waals surface area (Å²) < 4.78 is 0.981. The quantitative estimate of drug-likeness (QED) is 0.616. The molecule has 3 aromatic rings. The van der Waals surface area contributed by atoms with Crippen LogP contribution in [0.3, 0.4) is 0 Å². The van der Waals surface area contributed by atoms with E-state index < -0.39 is 0 Å². The van der Waals surface area contributed by atoms with Gasteiger partial charge in [-0.05, 0) is 29.5 Å². The Labute approximate surface area is 164 Å². The number of amides is 1. The largest absolute Gasteiger partial charge is 0.352 e. The van der Waals surface area contributed by atoms with Gasteiger partial charge in [0.1, 0.15) is 12.4 Å². The molecule has 0 unspecified atom stereocenters. The van der Waals surface area contributed by atoms with Crippen LogP contribution in [0.15, 0.2) is 47.3 Å². The third-order valence-electron chi connectivity index (χ3n) is 4.34. The van der Waals surface area contributed by atoms with Crippen molar-refractivity contribution in [1.82, 2.24) is 35.1 Å².